The number of rotatable bonds is 9. The first kappa shape index (κ1) is 30.3. The molecule has 0 saturated heterocycles. The number of halogens is 4. The molecule has 0 spiro atoms. The largest absolute Gasteiger partial charge is 0.573 e. The maximum atomic E-state index is 13.0. The molecule has 2 aromatic carbocycles. The summed E-state index contributed by atoms with van der Waals surface area (Å²) >= 11 is 6.57. The first-order valence-corrected chi connectivity index (χ1v) is 13.4. The van der Waals surface area contributed by atoms with Crippen molar-refractivity contribution in [3.05, 3.63) is 66.0 Å². The third kappa shape index (κ3) is 6.77. The van der Waals surface area contributed by atoms with E-state index < -0.39 is 28.2 Å². The topological polar surface area (TPSA) is 145 Å². The molecule has 0 aliphatic heterocycles. The third-order valence-electron chi connectivity index (χ3n) is 5.52. The minimum atomic E-state index is -4.95. The fraction of sp³-hybridized carbons (Fsp3) is 0.160. The number of nitrogens with one attached hydrogen (secondary N) is 2. The summed E-state index contributed by atoms with van der Waals surface area (Å²) < 4.78 is 85.5. The van der Waals surface area contributed by atoms with E-state index in [0.717, 1.165) is 23.2 Å². The van der Waals surface area contributed by atoms with E-state index >= 15 is 0 Å². The van der Waals surface area contributed by atoms with Crippen molar-refractivity contribution in [2.75, 3.05) is 30.9 Å². The molecule has 0 aliphatic carbocycles. The van der Waals surface area contributed by atoms with E-state index in [0.29, 0.717) is 0 Å². The molecule has 0 atom stereocenters. The van der Waals surface area contributed by atoms with Gasteiger partial charge in [0.1, 0.15) is 34.2 Å². The summed E-state index contributed by atoms with van der Waals surface area (Å²) in [4.78, 5) is 18.0. The minimum Gasteiger partial charge on any atom is -0.497 e. The van der Waals surface area contributed by atoms with Gasteiger partial charge in [0.25, 0.3) is 10.0 Å². The Balaban J connectivity index is 1.76. The molecule has 0 aliphatic rings. The van der Waals surface area contributed by atoms with Crippen molar-refractivity contribution >= 4 is 45.0 Å². The highest BCUT2D eigenvalue weighted by molar-refractivity contribution is 7.92. The normalized spacial score (nSPS) is 11.5. The number of aromatic nitrogens is 2. The van der Waals surface area contributed by atoms with E-state index in [2.05, 4.69) is 29.4 Å². The van der Waals surface area contributed by atoms with Crippen LogP contribution in [0.2, 0.25) is 5.02 Å². The van der Waals surface area contributed by atoms with Crippen LogP contribution in [0.25, 0.3) is 11.1 Å². The van der Waals surface area contributed by atoms with Gasteiger partial charge in [0.05, 0.1) is 24.9 Å². The molecule has 2 aromatic heterocycles. The number of carbonyl (C=O) groups is 1. The maximum Gasteiger partial charge on any atom is 0.573 e. The number of ether oxygens (including phenoxy) is 3. The lowest BCUT2D eigenvalue weighted by molar-refractivity contribution is -0.274. The summed E-state index contributed by atoms with van der Waals surface area (Å²) in [5.74, 6) is -0.460. The van der Waals surface area contributed by atoms with Crippen LogP contribution in [0.5, 0.6) is 17.2 Å². The highest BCUT2D eigenvalue weighted by Gasteiger charge is 2.32. The third-order valence-corrected chi connectivity index (χ3v) is 7.18. The van der Waals surface area contributed by atoms with E-state index in [1.807, 2.05) is 0 Å². The van der Waals surface area contributed by atoms with Gasteiger partial charge in [-0.05, 0) is 42.0 Å². The van der Waals surface area contributed by atoms with Gasteiger partial charge in [-0.3, -0.25) is 4.72 Å². The maximum absolute atomic E-state index is 13.0. The molecular formula is C25H21ClF3N5O7S. The van der Waals surface area contributed by atoms with Gasteiger partial charge in [-0.1, -0.05) is 16.8 Å². The van der Waals surface area contributed by atoms with Crippen LogP contribution in [0.15, 0.2) is 70.4 Å². The van der Waals surface area contributed by atoms with Crippen LogP contribution in [0.4, 0.5) is 35.3 Å². The van der Waals surface area contributed by atoms with Crippen molar-refractivity contribution in [3.63, 3.8) is 0 Å². The highest BCUT2D eigenvalue weighted by Crippen LogP contribution is 2.43. The fourth-order valence-electron chi connectivity index (χ4n) is 3.71. The van der Waals surface area contributed by atoms with Crippen molar-refractivity contribution < 1.29 is 45.1 Å². The number of methoxy groups -OCH3 is 2. The van der Waals surface area contributed by atoms with E-state index in [-0.39, 0.29) is 49.9 Å². The van der Waals surface area contributed by atoms with Gasteiger partial charge in [0, 0.05) is 30.9 Å². The zero-order valence-electron chi connectivity index (χ0n) is 21.9. The molecule has 2 heterocycles. The lowest BCUT2D eigenvalue weighted by atomic mass is 10.0. The van der Waals surface area contributed by atoms with E-state index in [9.17, 15) is 26.4 Å². The molecule has 12 nitrogen and oxygen atoms in total. The van der Waals surface area contributed by atoms with Gasteiger partial charge in [-0.25, -0.2) is 23.1 Å². The fourth-order valence-corrected chi connectivity index (χ4v) is 4.92. The van der Waals surface area contributed by atoms with Crippen LogP contribution in [0.3, 0.4) is 0 Å². The lowest BCUT2D eigenvalue weighted by Gasteiger charge is -2.24. The SMILES string of the molecule is CNC(=O)N(c1ccc(S(=O)(=O)Nc2ccon2)cn1)c1cc(Cl)c(-c2cc(OC)cc(OC(F)(F)F)c2)cc1OC. The van der Waals surface area contributed by atoms with E-state index in [1.165, 1.54) is 63.9 Å². The van der Waals surface area contributed by atoms with Crippen LogP contribution >= 0.6 is 11.6 Å². The second-order valence-electron chi connectivity index (χ2n) is 8.18. The van der Waals surface area contributed by atoms with Gasteiger partial charge >= 0.3 is 12.4 Å². The van der Waals surface area contributed by atoms with Gasteiger partial charge < -0.3 is 24.1 Å². The predicted octanol–water partition coefficient (Wildman–Crippen LogP) is 5.58. The molecule has 17 heteroatoms. The molecule has 0 radical (unpaired) electrons. The molecular weight excluding hydrogens is 607 g/mol. The Kier molecular flexibility index (Phi) is 8.67. The van der Waals surface area contributed by atoms with Crippen molar-refractivity contribution in [1.29, 1.82) is 0 Å². The predicted molar refractivity (Wildman–Crippen MR) is 145 cm³/mol. The number of hydrogen-bond acceptors (Lipinski definition) is 9. The summed E-state index contributed by atoms with van der Waals surface area (Å²) in [6.07, 6.45) is -2.74. The van der Waals surface area contributed by atoms with Gasteiger partial charge in [0.15, 0.2) is 5.82 Å². The number of amides is 2. The average Bonchev–Trinajstić information content (AvgIpc) is 3.44. The molecule has 4 rings (SSSR count). The molecule has 2 amide bonds. The van der Waals surface area contributed by atoms with Gasteiger partial charge in [-0.2, -0.15) is 0 Å². The Labute approximate surface area is 242 Å². The highest BCUT2D eigenvalue weighted by atomic mass is 35.5. The first-order valence-electron chi connectivity index (χ1n) is 11.6. The molecule has 0 bridgehead atoms. The first-order chi connectivity index (χ1) is 19.8. The van der Waals surface area contributed by atoms with Crippen molar-refractivity contribution in [2.45, 2.75) is 11.3 Å². The number of hydrogen-bond donors (Lipinski definition) is 2. The number of anilines is 3. The number of alkyl halides is 3. The average molecular weight is 628 g/mol. The van der Waals surface area contributed by atoms with Crippen LogP contribution in [0, 0.1) is 0 Å². The van der Waals surface area contributed by atoms with E-state index in [1.54, 1.807) is 0 Å². The van der Waals surface area contributed by atoms with Crippen LogP contribution in [0.1, 0.15) is 0 Å². The van der Waals surface area contributed by atoms with Crippen LogP contribution in [-0.2, 0) is 10.0 Å². The number of pyridine rings is 1. The van der Waals surface area contributed by atoms with E-state index in [4.69, 9.17) is 21.1 Å². The van der Waals surface area contributed by atoms with Gasteiger partial charge in [0.2, 0.25) is 0 Å². The Morgan fingerprint density at radius 3 is 2.36 bits per heavy atom. The Morgan fingerprint density at radius 2 is 1.79 bits per heavy atom. The molecule has 2 N–H and O–H groups in total. The molecule has 0 unspecified atom stereocenters. The lowest BCUT2D eigenvalue weighted by Crippen LogP contribution is -2.35. The monoisotopic (exact) mass is 627 g/mol. The smallest absolute Gasteiger partial charge is 0.497 e. The number of nitrogens with zero attached hydrogens (tertiary/aromatic N) is 3. The molecule has 222 valence electrons. The summed E-state index contributed by atoms with van der Waals surface area (Å²) in [6.45, 7) is 0. The van der Waals surface area contributed by atoms with Crippen molar-refractivity contribution in [3.8, 4) is 28.4 Å². The van der Waals surface area contributed by atoms with Crippen LogP contribution in [-0.4, -0.2) is 52.2 Å². The van der Waals surface area contributed by atoms with Crippen molar-refractivity contribution in [2.24, 2.45) is 0 Å². The number of urea groups is 1. The number of sulfonamides is 1. The van der Waals surface area contributed by atoms with Gasteiger partial charge in [-0.15, -0.1) is 13.2 Å². The Hall–Kier alpha value is -4.70. The minimum absolute atomic E-state index is 0.0147. The standard InChI is InChI=1S/C25H21ClF3N5O7S/c1-30-24(35)34(23-5-4-17(13-31-23)42(36,37)33-22-6-7-40-32-22)20-12-19(26)18(11-21(20)39-3)14-8-15(38-2)10-16(9-14)41-25(27,28)29/h4-13H,1-3H3,(H,30,35)(H,32,33). The molecule has 0 fully saturated rings. The van der Waals surface area contributed by atoms with Crippen LogP contribution < -0.4 is 29.1 Å². The second kappa shape index (κ2) is 12.0. The molecule has 0 saturated carbocycles. The molecule has 4 aromatic rings. The zero-order chi connectivity index (χ0) is 30.7. The number of carbonyl (C=O) groups excluding carboxylic acids is 1. The Bertz CT molecular complexity index is 1690. The summed E-state index contributed by atoms with van der Waals surface area (Å²) in [5.41, 5.74) is 0.514. The number of benzene rings is 2. The van der Waals surface area contributed by atoms with Crippen molar-refractivity contribution in [1.82, 2.24) is 15.5 Å². The summed E-state index contributed by atoms with van der Waals surface area (Å²) in [6, 6.07) is 9.45. The summed E-state index contributed by atoms with van der Waals surface area (Å²) in [7, 11) is -0.144. The zero-order valence-corrected chi connectivity index (χ0v) is 23.5. The quantitative estimate of drug-likeness (QED) is 0.243. The second-order valence-corrected chi connectivity index (χ2v) is 10.3. The molecule has 42 heavy (non-hydrogen) atoms. The summed E-state index contributed by atoms with van der Waals surface area (Å²) in [5, 5.41) is 5.97. The Morgan fingerprint density at radius 1 is 1.05 bits per heavy atom.